The molecule has 0 bridgehead atoms. The van der Waals surface area contributed by atoms with Crippen molar-refractivity contribution in [1.29, 1.82) is 0 Å². The third-order valence-corrected chi connectivity index (χ3v) is 4.91. The van der Waals surface area contributed by atoms with Crippen LogP contribution in [0.1, 0.15) is 11.3 Å². The number of aromatic nitrogens is 1. The largest absolute Gasteiger partial charge is 0.338 e. The Kier molecular flexibility index (Phi) is 5.14. The van der Waals surface area contributed by atoms with Gasteiger partial charge in [0, 0.05) is 25.7 Å². The van der Waals surface area contributed by atoms with Crippen molar-refractivity contribution in [3.8, 4) is 0 Å². The number of thiazole rings is 1. The number of carbonyl (C=O) groups excluding carboxylic acids is 1. The average molecular weight is 271 g/mol. The molecule has 17 heavy (non-hydrogen) atoms. The van der Waals surface area contributed by atoms with Crippen LogP contribution in [0.4, 0.5) is 9.93 Å². The second-order valence-corrected chi connectivity index (χ2v) is 12.2. The normalized spacial score (nSPS) is 11.3. The highest BCUT2D eigenvalue weighted by molar-refractivity contribution is 7.15. The van der Waals surface area contributed by atoms with Crippen molar-refractivity contribution in [2.45, 2.75) is 39.0 Å². The van der Waals surface area contributed by atoms with Gasteiger partial charge in [0.1, 0.15) is 0 Å². The van der Waals surface area contributed by atoms with E-state index in [1.807, 2.05) is 6.92 Å². The fraction of sp³-hybridized carbons (Fsp3) is 0.636. The van der Waals surface area contributed by atoms with E-state index in [0.717, 1.165) is 17.8 Å². The van der Waals surface area contributed by atoms with E-state index in [4.69, 9.17) is 0 Å². The molecule has 0 aliphatic carbocycles. The van der Waals surface area contributed by atoms with Crippen molar-refractivity contribution in [3.05, 3.63) is 11.1 Å². The summed E-state index contributed by atoms with van der Waals surface area (Å²) < 4.78 is 0. The minimum atomic E-state index is -0.982. The van der Waals surface area contributed by atoms with Crippen LogP contribution in [0.5, 0.6) is 0 Å². The van der Waals surface area contributed by atoms with Gasteiger partial charge in [-0.05, 0) is 13.3 Å². The first-order chi connectivity index (χ1) is 7.87. The van der Waals surface area contributed by atoms with Gasteiger partial charge < -0.3 is 5.32 Å². The molecule has 0 saturated carbocycles. The predicted molar refractivity (Wildman–Crippen MR) is 76.6 cm³/mol. The molecule has 1 aromatic rings. The van der Waals surface area contributed by atoms with Crippen molar-refractivity contribution in [3.63, 3.8) is 0 Å². The maximum Gasteiger partial charge on any atom is 0.321 e. The van der Waals surface area contributed by atoms with Gasteiger partial charge >= 0.3 is 6.03 Å². The number of carbonyl (C=O) groups is 1. The van der Waals surface area contributed by atoms with Crippen LogP contribution in [0.3, 0.4) is 0 Å². The first-order valence-corrected chi connectivity index (χ1v) is 10.4. The van der Waals surface area contributed by atoms with E-state index in [0.29, 0.717) is 5.13 Å². The molecule has 2 N–H and O–H groups in total. The third-order valence-electron chi connectivity index (χ3n) is 2.23. The number of hydrogen-bond acceptors (Lipinski definition) is 3. The van der Waals surface area contributed by atoms with Crippen LogP contribution >= 0.6 is 11.3 Å². The fourth-order valence-electron chi connectivity index (χ4n) is 1.37. The van der Waals surface area contributed by atoms with Crippen LogP contribution < -0.4 is 10.6 Å². The van der Waals surface area contributed by atoms with Crippen molar-refractivity contribution in [1.82, 2.24) is 10.3 Å². The number of nitrogens with zero attached hydrogens (tertiary/aromatic N) is 1. The van der Waals surface area contributed by atoms with Crippen LogP contribution in [0.2, 0.25) is 25.7 Å². The van der Waals surface area contributed by atoms with Crippen LogP contribution in [0, 0.1) is 6.92 Å². The first kappa shape index (κ1) is 14.2. The minimum Gasteiger partial charge on any atom is -0.338 e. The van der Waals surface area contributed by atoms with Crippen LogP contribution in [-0.4, -0.2) is 25.6 Å². The van der Waals surface area contributed by atoms with Gasteiger partial charge in [0.15, 0.2) is 5.13 Å². The highest BCUT2D eigenvalue weighted by Crippen LogP contribution is 2.16. The molecule has 96 valence electrons. The van der Waals surface area contributed by atoms with Gasteiger partial charge in [-0.2, -0.15) is 0 Å². The Bertz CT molecular complexity index is 373. The molecule has 0 aromatic carbocycles. The Labute approximate surface area is 108 Å². The number of anilines is 1. The Morgan fingerprint density at radius 3 is 2.71 bits per heavy atom. The first-order valence-electron chi connectivity index (χ1n) is 5.84. The Balaban J connectivity index is 2.18. The standard InChI is InChI=1S/C11H21N3OSSi/c1-9-8-13-11(16-9)14-10(15)12-6-5-7-17(2,3)4/h8H,5-7H2,1-4H3,(H2,12,13,14,15). The maximum absolute atomic E-state index is 11.5. The van der Waals surface area contributed by atoms with Crippen molar-refractivity contribution < 1.29 is 4.79 Å². The zero-order valence-corrected chi connectivity index (χ0v) is 12.8. The third kappa shape index (κ3) is 6.43. The number of urea groups is 1. The molecule has 4 nitrogen and oxygen atoms in total. The summed E-state index contributed by atoms with van der Waals surface area (Å²) in [6, 6.07) is 1.08. The van der Waals surface area contributed by atoms with Gasteiger partial charge in [-0.1, -0.05) is 25.7 Å². The minimum absolute atomic E-state index is 0.157. The highest BCUT2D eigenvalue weighted by atomic mass is 32.1. The molecular formula is C11H21N3OSSi. The Hall–Kier alpha value is -0.883. The Morgan fingerprint density at radius 1 is 1.47 bits per heavy atom. The molecule has 0 unspecified atom stereocenters. The molecule has 2 amide bonds. The summed E-state index contributed by atoms with van der Waals surface area (Å²) in [6.45, 7) is 9.72. The van der Waals surface area contributed by atoms with Gasteiger partial charge in [0.05, 0.1) is 0 Å². The van der Waals surface area contributed by atoms with Gasteiger partial charge in [-0.15, -0.1) is 11.3 Å². The second-order valence-electron chi connectivity index (χ2n) is 5.32. The quantitative estimate of drug-likeness (QED) is 0.638. The van der Waals surface area contributed by atoms with Crippen molar-refractivity contribution in [2.24, 2.45) is 0 Å². The maximum atomic E-state index is 11.5. The number of aryl methyl sites for hydroxylation is 1. The Morgan fingerprint density at radius 2 is 2.18 bits per heavy atom. The lowest BCUT2D eigenvalue weighted by atomic mass is 10.5. The average Bonchev–Trinajstić information content (AvgIpc) is 2.57. The van der Waals surface area contributed by atoms with E-state index < -0.39 is 8.07 Å². The molecule has 0 aliphatic rings. The van der Waals surface area contributed by atoms with E-state index in [9.17, 15) is 4.79 Å². The monoisotopic (exact) mass is 271 g/mol. The van der Waals surface area contributed by atoms with Crippen molar-refractivity contribution in [2.75, 3.05) is 11.9 Å². The molecular weight excluding hydrogens is 250 g/mol. The lowest BCUT2D eigenvalue weighted by molar-refractivity contribution is 0.252. The summed E-state index contributed by atoms with van der Waals surface area (Å²) in [4.78, 5) is 16.7. The molecule has 6 heteroatoms. The van der Waals surface area contributed by atoms with Crippen LogP contribution in [0.15, 0.2) is 6.20 Å². The highest BCUT2D eigenvalue weighted by Gasteiger charge is 2.12. The lowest BCUT2D eigenvalue weighted by Crippen LogP contribution is -2.30. The predicted octanol–water partition coefficient (Wildman–Crippen LogP) is 3.30. The zero-order chi connectivity index (χ0) is 12.9. The van der Waals surface area contributed by atoms with Gasteiger partial charge in [-0.25, -0.2) is 9.78 Å². The van der Waals surface area contributed by atoms with Crippen LogP contribution in [0.25, 0.3) is 0 Å². The molecule has 0 atom stereocenters. The summed E-state index contributed by atoms with van der Waals surface area (Å²) in [7, 11) is -0.982. The molecule has 1 heterocycles. The molecule has 0 saturated heterocycles. The molecule has 0 radical (unpaired) electrons. The van der Waals surface area contributed by atoms with Crippen LogP contribution in [-0.2, 0) is 0 Å². The topological polar surface area (TPSA) is 54.0 Å². The van der Waals surface area contributed by atoms with Crippen molar-refractivity contribution >= 4 is 30.6 Å². The SMILES string of the molecule is Cc1cnc(NC(=O)NCCC[Si](C)(C)C)s1. The second kappa shape index (κ2) is 6.16. The van der Waals surface area contributed by atoms with E-state index in [2.05, 4.69) is 35.3 Å². The van der Waals surface area contributed by atoms with E-state index in [1.54, 1.807) is 6.20 Å². The molecule has 0 spiro atoms. The molecule has 0 aliphatic heterocycles. The lowest BCUT2D eigenvalue weighted by Gasteiger charge is -2.15. The van der Waals surface area contributed by atoms with Gasteiger partial charge in [0.25, 0.3) is 0 Å². The number of amides is 2. The number of nitrogens with one attached hydrogen (secondary N) is 2. The van der Waals surface area contributed by atoms with E-state index in [1.165, 1.54) is 17.4 Å². The van der Waals surface area contributed by atoms with E-state index in [-0.39, 0.29) is 6.03 Å². The molecule has 1 aromatic heterocycles. The summed E-state index contributed by atoms with van der Waals surface area (Å²) in [5.74, 6) is 0. The number of rotatable bonds is 5. The van der Waals surface area contributed by atoms with Gasteiger partial charge in [0.2, 0.25) is 0 Å². The summed E-state index contributed by atoms with van der Waals surface area (Å²) in [5.41, 5.74) is 0. The molecule has 0 fully saturated rings. The van der Waals surface area contributed by atoms with E-state index >= 15 is 0 Å². The fourth-order valence-corrected chi connectivity index (χ4v) is 3.27. The zero-order valence-electron chi connectivity index (χ0n) is 11.0. The smallest absolute Gasteiger partial charge is 0.321 e. The summed E-state index contributed by atoms with van der Waals surface area (Å²) in [6.07, 6.45) is 2.81. The van der Waals surface area contributed by atoms with Gasteiger partial charge in [-0.3, -0.25) is 5.32 Å². The molecule has 1 rings (SSSR count). The number of hydrogen-bond donors (Lipinski definition) is 2. The summed E-state index contributed by atoms with van der Waals surface area (Å²) in [5, 5.41) is 6.24. The summed E-state index contributed by atoms with van der Waals surface area (Å²) >= 11 is 1.48.